The Balaban J connectivity index is 2.23. The number of methoxy groups -OCH3 is 1. The monoisotopic (exact) mass is 246 g/mol. The van der Waals surface area contributed by atoms with Crippen LogP contribution in [-0.2, 0) is 0 Å². The summed E-state index contributed by atoms with van der Waals surface area (Å²) in [5.41, 5.74) is 3.44. The summed E-state index contributed by atoms with van der Waals surface area (Å²) in [6.45, 7) is 2.07. The molecule has 0 radical (unpaired) electrons. The number of rotatable bonds is 3. The van der Waals surface area contributed by atoms with Crippen molar-refractivity contribution in [1.82, 2.24) is 0 Å². The van der Waals surface area contributed by atoms with Crippen LogP contribution in [0.1, 0.15) is 22.1 Å². The maximum atomic E-state index is 6.44. The van der Waals surface area contributed by atoms with Crippen molar-refractivity contribution in [2.75, 3.05) is 7.11 Å². The van der Waals surface area contributed by atoms with Crippen LogP contribution in [0, 0.1) is 6.92 Å². The van der Waals surface area contributed by atoms with Crippen LogP contribution in [0.15, 0.2) is 48.5 Å². The molecule has 2 heteroatoms. The van der Waals surface area contributed by atoms with Gasteiger partial charge in [-0.2, -0.15) is 0 Å². The predicted octanol–water partition coefficient (Wildman–Crippen LogP) is 4.33. The lowest BCUT2D eigenvalue weighted by Gasteiger charge is -2.11. The number of hydrogen-bond acceptors (Lipinski definition) is 1. The summed E-state index contributed by atoms with van der Waals surface area (Å²) in [6, 6.07) is 16.1. The molecular formula is C15H15ClO. The summed E-state index contributed by atoms with van der Waals surface area (Å²) in [6.07, 6.45) is 0. The summed E-state index contributed by atoms with van der Waals surface area (Å²) in [4.78, 5) is 0. The fraction of sp³-hybridized carbons (Fsp3) is 0.200. The van der Waals surface area contributed by atoms with Crippen molar-refractivity contribution in [3.8, 4) is 5.75 Å². The molecule has 0 aliphatic carbocycles. The minimum atomic E-state index is -0.110. The minimum Gasteiger partial charge on any atom is -0.497 e. The first-order valence-electron chi connectivity index (χ1n) is 5.55. The Morgan fingerprint density at radius 1 is 0.882 bits per heavy atom. The van der Waals surface area contributed by atoms with Gasteiger partial charge in [0.2, 0.25) is 0 Å². The van der Waals surface area contributed by atoms with E-state index in [2.05, 4.69) is 31.2 Å². The minimum absolute atomic E-state index is 0.110. The van der Waals surface area contributed by atoms with Crippen LogP contribution < -0.4 is 4.74 Å². The van der Waals surface area contributed by atoms with Crippen LogP contribution in [-0.4, -0.2) is 7.11 Å². The van der Waals surface area contributed by atoms with E-state index in [1.165, 1.54) is 5.56 Å². The number of alkyl halides is 1. The number of benzene rings is 2. The standard InChI is InChI=1S/C15H15ClO/c1-11-3-5-12(6-4-11)15(16)13-7-9-14(17-2)10-8-13/h3-10,15H,1-2H3. The highest BCUT2D eigenvalue weighted by Crippen LogP contribution is 2.29. The lowest BCUT2D eigenvalue weighted by atomic mass is 10.0. The molecule has 2 rings (SSSR count). The molecule has 0 spiro atoms. The third-order valence-corrected chi connectivity index (χ3v) is 3.28. The van der Waals surface area contributed by atoms with Crippen molar-refractivity contribution in [3.05, 3.63) is 65.2 Å². The molecule has 0 aliphatic rings. The van der Waals surface area contributed by atoms with Gasteiger partial charge >= 0.3 is 0 Å². The van der Waals surface area contributed by atoms with Gasteiger partial charge in [-0.05, 0) is 30.2 Å². The van der Waals surface area contributed by atoms with Crippen molar-refractivity contribution < 1.29 is 4.74 Å². The van der Waals surface area contributed by atoms with Crippen molar-refractivity contribution in [1.29, 1.82) is 0 Å². The maximum absolute atomic E-state index is 6.44. The molecule has 88 valence electrons. The van der Waals surface area contributed by atoms with Crippen LogP contribution in [0.5, 0.6) is 5.75 Å². The third-order valence-electron chi connectivity index (χ3n) is 2.78. The summed E-state index contributed by atoms with van der Waals surface area (Å²) < 4.78 is 5.13. The topological polar surface area (TPSA) is 9.23 Å². The van der Waals surface area contributed by atoms with Crippen molar-refractivity contribution in [2.45, 2.75) is 12.3 Å². The highest BCUT2D eigenvalue weighted by atomic mass is 35.5. The Morgan fingerprint density at radius 3 is 1.82 bits per heavy atom. The predicted molar refractivity (Wildman–Crippen MR) is 71.9 cm³/mol. The average Bonchev–Trinajstić information content (AvgIpc) is 2.39. The average molecular weight is 247 g/mol. The Kier molecular flexibility index (Phi) is 3.70. The normalized spacial score (nSPS) is 12.2. The van der Waals surface area contributed by atoms with Gasteiger partial charge in [-0.25, -0.2) is 0 Å². The Labute approximate surface area is 107 Å². The van der Waals surface area contributed by atoms with Crippen molar-refractivity contribution in [3.63, 3.8) is 0 Å². The van der Waals surface area contributed by atoms with Gasteiger partial charge < -0.3 is 4.74 Å². The van der Waals surface area contributed by atoms with Crippen LogP contribution in [0.2, 0.25) is 0 Å². The lowest BCUT2D eigenvalue weighted by Crippen LogP contribution is -1.93. The molecule has 0 saturated heterocycles. The lowest BCUT2D eigenvalue weighted by molar-refractivity contribution is 0.414. The van der Waals surface area contributed by atoms with Crippen LogP contribution in [0.4, 0.5) is 0 Å². The molecule has 2 aromatic rings. The summed E-state index contributed by atoms with van der Waals surface area (Å²) >= 11 is 6.44. The molecule has 0 saturated carbocycles. The van der Waals surface area contributed by atoms with Gasteiger partial charge in [0, 0.05) is 0 Å². The van der Waals surface area contributed by atoms with Crippen LogP contribution in [0.3, 0.4) is 0 Å². The Bertz CT molecular complexity index is 473. The van der Waals surface area contributed by atoms with E-state index >= 15 is 0 Å². The van der Waals surface area contributed by atoms with E-state index < -0.39 is 0 Å². The van der Waals surface area contributed by atoms with Gasteiger partial charge in [-0.3, -0.25) is 0 Å². The highest BCUT2D eigenvalue weighted by Gasteiger charge is 2.10. The van der Waals surface area contributed by atoms with Gasteiger partial charge in [-0.15, -0.1) is 11.6 Å². The second kappa shape index (κ2) is 5.24. The van der Waals surface area contributed by atoms with Gasteiger partial charge in [0.05, 0.1) is 12.5 Å². The molecule has 2 aromatic carbocycles. The van der Waals surface area contributed by atoms with Crippen LogP contribution in [0.25, 0.3) is 0 Å². The fourth-order valence-electron chi connectivity index (χ4n) is 1.70. The Morgan fingerprint density at radius 2 is 1.35 bits per heavy atom. The Hall–Kier alpha value is -1.47. The molecule has 0 aromatic heterocycles. The molecule has 1 atom stereocenters. The van der Waals surface area contributed by atoms with Crippen LogP contribution >= 0.6 is 11.6 Å². The van der Waals surface area contributed by atoms with E-state index in [0.29, 0.717) is 0 Å². The molecule has 0 aliphatic heterocycles. The van der Waals surface area contributed by atoms with E-state index in [0.717, 1.165) is 16.9 Å². The number of ether oxygens (including phenoxy) is 1. The fourth-order valence-corrected chi connectivity index (χ4v) is 1.99. The van der Waals surface area contributed by atoms with Gasteiger partial charge in [0.1, 0.15) is 5.75 Å². The number of hydrogen-bond donors (Lipinski definition) is 0. The first-order chi connectivity index (χ1) is 8.20. The SMILES string of the molecule is COc1ccc(C(Cl)c2ccc(C)cc2)cc1. The van der Waals surface area contributed by atoms with E-state index in [1.54, 1.807) is 7.11 Å². The smallest absolute Gasteiger partial charge is 0.118 e. The molecule has 17 heavy (non-hydrogen) atoms. The van der Waals surface area contributed by atoms with Gasteiger partial charge in [0.25, 0.3) is 0 Å². The summed E-state index contributed by atoms with van der Waals surface area (Å²) in [5.74, 6) is 0.849. The first-order valence-corrected chi connectivity index (χ1v) is 5.99. The highest BCUT2D eigenvalue weighted by molar-refractivity contribution is 6.22. The molecule has 1 nitrogen and oxygen atoms in total. The summed E-state index contributed by atoms with van der Waals surface area (Å²) in [5, 5.41) is -0.110. The zero-order chi connectivity index (χ0) is 12.3. The molecule has 0 N–H and O–H groups in total. The molecule has 0 fully saturated rings. The van der Waals surface area contributed by atoms with Crippen molar-refractivity contribution >= 4 is 11.6 Å². The largest absolute Gasteiger partial charge is 0.497 e. The van der Waals surface area contributed by atoms with E-state index in [-0.39, 0.29) is 5.38 Å². The molecule has 0 bridgehead atoms. The van der Waals surface area contributed by atoms with Crippen molar-refractivity contribution in [2.24, 2.45) is 0 Å². The van der Waals surface area contributed by atoms with E-state index in [4.69, 9.17) is 16.3 Å². The first kappa shape index (κ1) is 12.0. The zero-order valence-corrected chi connectivity index (χ0v) is 10.7. The number of aryl methyl sites for hydroxylation is 1. The molecule has 1 unspecified atom stereocenters. The maximum Gasteiger partial charge on any atom is 0.118 e. The third kappa shape index (κ3) is 2.80. The second-order valence-electron chi connectivity index (χ2n) is 4.05. The molecular weight excluding hydrogens is 232 g/mol. The van der Waals surface area contributed by atoms with E-state index in [1.807, 2.05) is 24.3 Å². The molecule has 0 amide bonds. The second-order valence-corrected chi connectivity index (χ2v) is 4.48. The van der Waals surface area contributed by atoms with E-state index in [9.17, 15) is 0 Å². The summed E-state index contributed by atoms with van der Waals surface area (Å²) in [7, 11) is 1.66. The zero-order valence-electron chi connectivity index (χ0n) is 9.98. The quantitative estimate of drug-likeness (QED) is 0.733. The number of halogens is 1. The molecule has 0 heterocycles. The van der Waals surface area contributed by atoms with Gasteiger partial charge in [0.15, 0.2) is 0 Å². The van der Waals surface area contributed by atoms with Gasteiger partial charge in [-0.1, -0.05) is 42.0 Å².